The Balaban J connectivity index is 2.54. The summed E-state index contributed by atoms with van der Waals surface area (Å²) >= 11 is 0. The average Bonchev–Trinajstić information content (AvgIpc) is 2.17. The van der Waals surface area contributed by atoms with Crippen molar-refractivity contribution < 1.29 is 9.53 Å². The zero-order valence-corrected chi connectivity index (χ0v) is 10.2. The Morgan fingerprint density at radius 1 is 1.53 bits per heavy atom. The van der Waals surface area contributed by atoms with E-state index >= 15 is 0 Å². The predicted molar refractivity (Wildman–Crippen MR) is 60.8 cm³/mol. The van der Waals surface area contributed by atoms with Crippen LogP contribution in [-0.2, 0) is 4.74 Å². The van der Waals surface area contributed by atoms with E-state index in [9.17, 15) is 4.79 Å². The van der Waals surface area contributed by atoms with Crippen LogP contribution in [0.25, 0.3) is 0 Å². The van der Waals surface area contributed by atoms with E-state index in [4.69, 9.17) is 4.74 Å². The molecule has 86 valence electrons. The van der Waals surface area contributed by atoms with Crippen molar-refractivity contribution in [3.63, 3.8) is 0 Å². The molecule has 3 nitrogen and oxygen atoms in total. The number of hydrogen-bond acceptors (Lipinski definition) is 2. The molecule has 0 unspecified atom stereocenters. The van der Waals surface area contributed by atoms with Crippen molar-refractivity contribution in [1.82, 2.24) is 4.90 Å². The lowest BCUT2D eigenvalue weighted by Crippen LogP contribution is -2.36. The Kier molecular flexibility index (Phi) is 3.77. The molecule has 1 aliphatic heterocycles. The minimum absolute atomic E-state index is 0.193. The highest BCUT2D eigenvalue weighted by molar-refractivity contribution is 5.68. The molecule has 0 fully saturated rings. The fraction of sp³-hybridized carbons (Fsp3) is 0.750. The van der Waals surface area contributed by atoms with Crippen molar-refractivity contribution in [3.05, 3.63) is 11.6 Å². The Bertz CT molecular complexity index is 263. The van der Waals surface area contributed by atoms with Crippen molar-refractivity contribution in [2.24, 2.45) is 5.41 Å². The Labute approximate surface area is 92.1 Å². The maximum Gasteiger partial charge on any atom is 0.410 e. The number of rotatable bonds is 1. The molecule has 0 radical (unpaired) electrons. The van der Waals surface area contributed by atoms with Crippen LogP contribution < -0.4 is 0 Å². The van der Waals surface area contributed by atoms with Gasteiger partial charge in [0, 0.05) is 13.1 Å². The van der Waals surface area contributed by atoms with E-state index < -0.39 is 0 Å². The van der Waals surface area contributed by atoms with Gasteiger partial charge in [0.2, 0.25) is 0 Å². The molecule has 0 aromatic heterocycles. The fourth-order valence-electron chi connectivity index (χ4n) is 1.73. The normalized spacial score (nSPS) is 17.3. The second-order valence-electron chi connectivity index (χ2n) is 4.87. The molecule has 0 spiro atoms. The van der Waals surface area contributed by atoms with Crippen molar-refractivity contribution in [1.29, 1.82) is 0 Å². The molecule has 3 heteroatoms. The van der Waals surface area contributed by atoms with Crippen LogP contribution in [-0.4, -0.2) is 30.7 Å². The van der Waals surface area contributed by atoms with Gasteiger partial charge in [-0.2, -0.15) is 0 Å². The summed E-state index contributed by atoms with van der Waals surface area (Å²) in [6, 6.07) is 0. The maximum absolute atomic E-state index is 11.4. The standard InChI is InChI=1S/C12H21NO2/c1-5-15-11(14)13-8-6-10(7-9-13)12(2,3)4/h6H,5,7-9H2,1-4H3. The largest absolute Gasteiger partial charge is 0.450 e. The minimum Gasteiger partial charge on any atom is -0.450 e. The van der Waals surface area contributed by atoms with Gasteiger partial charge >= 0.3 is 6.09 Å². The van der Waals surface area contributed by atoms with Crippen LogP contribution in [0.5, 0.6) is 0 Å². The van der Waals surface area contributed by atoms with Crippen LogP contribution in [0.2, 0.25) is 0 Å². The van der Waals surface area contributed by atoms with E-state index in [2.05, 4.69) is 26.8 Å². The molecule has 1 amide bonds. The van der Waals surface area contributed by atoms with Gasteiger partial charge in [-0.25, -0.2) is 4.79 Å². The van der Waals surface area contributed by atoms with Gasteiger partial charge < -0.3 is 9.64 Å². The zero-order valence-electron chi connectivity index (χ0n) is 10.2. The molecule has 0 saturated carbocycles. The van der Waals surface area contributed by atoms with Gasteiger partial charge in [-0.1, -0.05) is 32.4 Å². The first-order chi connectivity index (χ1) is 6.95. The Morgan fingerprint density at radius 2 is 2.20 bits per heavy atom. The maximum atomic E-state index is 11.4. The van der Waals surface area contributed by atoms with E-state index in [1.54, 1.807) is 4.90 Å². The molecule has 0 aliphatic carbocycles. The second kappa shape index (κ2) is 4.69. The second-order valence-corrected chi connectivity index (χ2v) is 4.87. The van der Waals surface area contributed by atoms with Crippen LogP contribution in [0.15, 0.2) is 11.6 Å². The van der Waals surface area contributed by atoms with E-state index in [-0.39, 0.29) is 11.5 Å². The molecule has 15 heavy (non-hydrogen) atoms. The van der Waals surface area contributed by atoms with Crippen molar-refractivity contribution >= 4 is 6.09 Å². The third-order valence-corrected chi connectivity index (χ3v) is 2.70. The van der Waals surface area contributed by atoms with Gasteiger partial charge in [-0.05, 0) is 18.8 Å². The minimum atomic E-state index is -0.193. The van der Waals surface area contributed by atoms with Crippen LogP contribution in [0.1, 0.15) is 34.1 Å². The van der Waals surface area contributed by atoms with Crippen LogP contribution in [0.3, 0.4) is 0 Å². The van der Waals surface area contributed by atoms with Crippen molar-refractivity contribution in [3.8, 4) is 0 Å². The number of carbonyl (C=O) groups excluding carboxylic acids is 1. The smallest absolute Gasteiger partial charge is 0.410 e. The molecule has 0 atom stereocenters. The quantitative estimate of drug-likeness (QED) is 0.624. The summed E-state index contributed by atoms with van der Waals surface area (Å²) in [6.07, 6.45) is 2.92. The van der Waals surface area contributed by atoms with Crippen LogP contribution in [0.4, 0.5) is 4.79 Å². The summed E-state index contributed by atoms with van der Waals surface area (Å²) in [4.78, 5) is 13.2. The van der Waals surface area contributed by atoms with Crippen LogP contribution >= 0.6 is 0 Å². The van der Waals surface area contributed by atoms with Crippen molar-refractivity contribution in [2.45, 2.75) is 34.1 Å². The summed E-state index contributed by atoms with van der Waals surface area (Å²) in [6.45, 7) is 10.4. The highest BCUT2D eigenvalue weighted by Gasteiger charge is 2.23. The molecule has 1 rings (SSSR count). The molecular weight excluding hydrogens is 190 g/mol. The average molecular weight is 211 g/mol. The van der Waals surface area contributed by atoms with Gasteiger partial charge in [0.05, 0.1) is 6.61 Å². The Morgan fingerprint density at radius 3 is 2.60 bits per heavy atom. The lowest BCUT2D eigenvalue weighted by atomic mass is 9.83. The van der Waals surface area contributed by atoms with E-state index in [0.29, 0.717) is 13.2 Å². The summed E-state index contributed by atoms with van der Waals surface area (Å²) < 4.78 is 4.96. The topological polar surface area (TPSA) is 29.5 Å². The van der Waals surface area contributed by atoms with Gasteiger partial charge in [0.25, 0.3) is 0 Å². The summed E-state index contributed by atoms with van der Waals surface area (Å²) in [7, 11) is 0. The molecule has 0 bridgehead atoms. The van der Waals surface area contributed by atoms with E-state index in [1.165, 1.54) is 5.57 Å². The molecule has 1 aliphatic rings. The first-order valence-corrected chi connectivity index (χ1v) is 5.56. The Hall–Kier alpha value is -0.990. The first-order valence-electron chi connectivity index (χ1n) is 5.56. The predicted octanol–water partition coefficient (Wildman–Crippen LogP) is 2.82. The molecule has 0 saturated heterocycles. The molecule has 0 aromatic rings. The summed E-state index contributed by atoms with van der Waals surface area (Å²) in [5.41, 5.74) is 1.66. The molecule has 0 aromatic carbocycles. The number of carbonyl (C=O) groups is 1. The molecule has 1 heterocycles. The zero-order chi connectivity index (χ0) is 11.5. The number of nitrogens with zero attached hydrogens (tertiary/aromatic N) is 1. The van der Waals surface area contributed by atoms with Gasteiger partial charge in [0.1, 0.15) is 0 Å². The van der Waals surface area contributed by atoms with E-state index in [1.807, 2.05) is 6.92 Å². The van der Waals surface area contributed by atoms with Gasteiger partial charge in [-0.15, -0.1) is 0 Å². The lowest BCUT2D eigenvalue weighted by molar-refractivity contribution is 0.109. The highest BCUT2D eigenvalue weighted by Crippen LogP contribution is 2.30. The van der Waals surface area contributed by atoms with Gasteiger partial charge in [-0.3, -0.25) is 0 Å². The number of ether oxygens (including phenoxy) is 1. The lowest BCUT2D eigenvalue weighted by Gasteiger charge is -2.31. The van der Waals surface area contributed by atoms with E-state index in [0.717, 1.165) is 13.0 Å². The van der Waals surface area contributed by atoms with Crippen LogP contribution in [0, 0.1) is 5.41 Å². The SMILES string of the molecule is CCOC(=O)N1CC=C(C(C)(C)C)CC1. The third-order valence-electron chi connectivity index (χ3n) is 2.70. The highest BCUT2D eigenvalue weighted by atomic mass is 16.6. The first kappa shape index (κ1) is 12.1. The number of amides is 1. The molecular formula is C12H21NO2. The molecule has 0 N–H and O–H groups in total. The third kappa shape index (κ3) is 3.26. The fourth-order valence-corrected chi connectivity index (χ4v) is 1.73. The van der Waals surface area contributed by atoms with Gasteiger partial charge in [0.15, 0.2) is 0 Å². The summed E-state index contributed by atoms with van der Waals surface area (Å²) in [5, 5.41) is 0. The number of hydrogen-bond donors (Lipinski definition) is 0. The summed E-state index contributed by atoms with van der Waals surface area (Å²) in [5.74, 6) is 0. The van der Waals surface area contributed by atoms with Crippen molar-refractivity contribution in [2.75, 3.05) is 19.7 Å². The monoisotopic (exact) mass is 211 g/mol.